The molecule has 82 valence electrons. The van der Waals surface area contributed by atoms with Crippen molar-refractivity contribution < 1.29 is 5.11 Å². The number of nitrogens with zero attached hydrogens (tertiary/aromatic N) is 1. The summed E-state index contributed by atoms with van der Waals surface area (Å²) in [6.07, 6.45) is 2.83. The van der Waals surface area contributed by atoms with E-state index in [1.54, 1.807) is 0 Å². The van der Waals surface area contributed by atoms with Crippen LogP contribution >= 0.6 is 12.2 Å². The fourth-order valence-corrected chi connectivity index (χ4v) is 2.08. The van der Waals surface area contributed by atoms with Crippen molar-refractivity contribution in [2.75, 3.05) is 19.6 Å². The van der Waals surface area contributed by atoms with Crippen LogP contribution in [0.4, 0.5) is 0 Å². The summed E-state index contributed by atoms with van der Waals surface area (Å²) < 4.78 is 0. The molecule has 14 heavy (non-hydrogen) atoms. The second-order valence-electron chi connectivity index (χ2n) is 4.16. The van der Waals surface area contributed by atoms with E-state index in [-0.39, 0.29) is 6.10 Å². The van der Waals surface area contributed by atoms with Gasteiger partial charge >= 0.3 is 0 Å². The van der Waals surface area contributed by atoms with Gasteiger partial charge in [-0.2, -0.15) is 0 Å². The molecule has 0 radical (unpaired) electrons. The van der Waals surface area contributed by atoms with Gasteiger partial charge in [0.25, 0.3) is 0 Å². The number of likely N-dealkylation sites (tertiary alicyclic amines) is 1. The van der Waals surface area contributed by atoms with Gasteiger partial charge in [-0.1, -0.05) is 12.2 Å². The Labute approximate surface area is 91.3 Å². The third-order valence-electron chi connectivity index (χ3n) is 2.89. The number of rotatable bonds is 5. The van der Waals surface area contributed by atoms with Crippen LogP contribution in [0.15, 0.2) is 0 Å². The average molecular weight is 216 g/mol. The van der Waals surface area contributed by atoms with E-state index in [9.17, 15) is 5.11 Å². The Hall–Kier alpha value is -0.190. The molecule has 0 aromatic carbocycles. The van der Waals surface area contributed by atoms with Gasteiger partial charge < -0.3 is 15.7 Å². The molecule has 0 amide bonds. The highest BCUT2D eigenvalue weighted by atomic mass is 32.1. The average Bonchev–Trinajstić information content (AvgIpc) is 2.52. The number of aliphatic hydroxyl groups excluding tert-OH is 1. The summed E-state index contributed by atoms with van der Waals surface area (Å²) in [6, 6.07) is 0. The van der Waals surface area contributed by atoms with Gasteiger partial charge in [-0.3, -0.25) is 0 Å². The molecule has 4 heteroatoms. The fraction of sp³-hybridized carbons (Fsp3) is 0.900. The lowest BCUT2D eigenvalue weighted by Crippen LogP contribution is -2.25. The summed E-state index contributed by atoms with van der Waals surface area (Å²) in [5, 5.41) is 9.42. The Balaban J connectivity index is 2.13. The normalized spacial score (nSPS) is 25.1. The molecule has 0 aromatic heterocycles. The van der Waals surface area contributed by atoms with Crippen LogP contribution in [0.3, 0.4) is 0 Å². The Morgan fingerprint density at radius 1 is 1.71 bits per heavy atom. The predicted octanol–water partition coefficient (Wildman–Crippen LogP) is 0.755. The number of hydrogen-bond donors (Lipinski definition) is 2. The summed E-state index contributed by atoms with van der Waals surface area (Å²) >= 11 is 4.82. The molecule has 3 N–H and O–H groups in total. The van der Waals surface area contributed by atoms with Gasteiger partial charge in [-0.05, 0) is 45.2 Å². The first-order valence-electron chi connectivity index (χ1n) is 5.28. The molecule has 0 spiro atoms. The Morgan fingerprint density at radius 3 is 2.93 bits per heavy atom. The molecule has 0 aromatic rings. The Morgan fingerprint density at radius 2 is 2.43 bits per heavy atom. The van der Waals surface area contributed by atoms with Crippen LogP contribution in [-0.4, -0.2) is 40.7 Å². The van der Waals surface area contributed by atoms with Crippen molar-refractivity contribution in [2.24, 2.45) is 11.7 Å². The van der Waals surface area contributed by atoms with E-state index in [0.717, 1.165) is 38.9 Å². The van der Waals surface area contributed by atoms with Gasteiger partial charge in [0, 0.05) is 6.54 Å². The summed E-state index contributed by atoms with van der Waals surface area (Å²) in [6.45, 7) is 5.06. The van der Waals surface area contributed by atoms with Crippen molar-refractivity contribution in [3.8, 4) is 0 Å². The van der Waals surface area contributed by atoms with E-state index < -0.39 is 0 Å². The van der Waals surface area contributed by atoms with E-state index >= 15 is 0 Å². The first-order chi connectivity index (χ1) is 6.59. The Kier molecular flexibility index (Phi) is 4.78. The first kappa shape index (κ1) is 11.9. The smallest absolute Gasteiger partial charge is 0.0727 e. The summed E-state index contributed by atoms with van der Waals surface area (Å²) in [7, 11) is 0. The van der Waals surface area contributed by atoms with Gasteiger partial charge in [0.15, 0.2) is 0 Å². The minimum absolute atomic E-state index is 0.171. The van der Waals surface area contributed by atoms with E-state index in [0.29, 0.717) is 10.9 Å². The molecule has 0 bridgehead atoms. The molecule has 0 saturated carbocycles. The molecule has 1 rings (SSSR count). The molecule has 1 aliphatic rings. The van der Waals surface area contributed by atoms with Gasteiger partial charge in [0.1, 0.15) is 0 Å². The van der Waals surface area contributed by atoms with Gasteiger partial charge in [0.05, 0.1) is 11.1 Å². The van der Waals surface area contributed by atoms with Crippen LogP contribution < -0.4 is 5.73 Å². The monoisotopic (exact) mass is 216 g/mol. The van der Waals surface area contributed by atoms with Crippen molar-refractivity contribution in [2.45, 2.75) is 32.3 Å². The topological polar surface area (TPSA) is 49.5 Å². The number of aliphatic hydroxyl groups is 1. The molecule has 1 saturated heterocycles. The van der Waals surface area contributed by atoms with Crippen molar-refractivity contribution in [3.63, 3.8) is 0 Å². The molecule has 3 nitrogen and oxygen atoms in total. The molecular formula is C10H20N2OS. The highest BCUT2D eigenvalue weighted by Gasteiger charge is 2.25. The molecule has 1 fully saturated rings. The maximum atomic E-state index is 9.42. The lowest BCUT2D eigenvalue weighted by molar-refractivity contribution is 0.128. The largest absolute Gasteiger partial charge is 0.393 e. The molecular weight excluding hydrogens is 196 g/mol. The Bertz CT molecular complexity index is 197. The van der Waals surface area contributed by atoms with Crippen LogP contribution in [0.5, 0.6) is 0 Å². The van der Waals surface area contributed by atoms with Gasteiger partial charge in [-0.25, -0.2) is 0 Å². The van der Waals surface area contributed by atoms with Crippen molar-refractivity contribution >= 4 is 17.2 Å². The van der Waals surface area contributed by atoms with E-state index in [2.05, 4.69) is 4.90 Å². The van der Waals surface area contributed by atoms with E-state index in [4.69, 9.17) is 18.0 Å². The maximum Gasteiger partial charge on any atom is 0.0727 e. The third-order valence-corrected chi connectivity index (χ3v) is 3.09. The van der Waals surface area contributed by atoms with Crippen LogP contribution in [0.2, 0.25) is 0 Å². The number of thiocarbonyl (C=S) groups is 1. The second-order valence-corrected chi connectivity index (χ2v) is 4.68. The molecule has 0 aliphatic carbocycles. The zero-order valence-corrected chi connectivity index (χ0v) is 9.59. The van der Waals surface area contributed by atoms with Crippen LogP contribution in [0.1, 0.15) is 26.2 Å². The van der Waals surface area contributed by atoms with E-state index in [1.165, 1.54) is 0 Å². The van der Waals surface area contributed by atoms with Crippen molar-refractivity contribution in [3.05, 3.63) is 0 Å². The lowest BCUT2D eigenvalue weighted by atomic mass is 10.0. The quantitative estimate of drug-likeness (QED) is 0.666. The van der Waals surface area contributed by atoms with Crippen LogP contribution in [0, 0.1) is 5.92 Å². The minimum atomic E-state index is -0.171. The zero-order valence-electron chi connectivity index (χ0n) is 8.78. The number of hydrogen-bond acceptors (Lipinski definition) is 3. The number of nitrogens with two attached hydrogens (primary N) is 1. The highest BCUT2D eigenvalue weighted by Crippen LogP contribution is 2.19. The van der Waals surface area contributed by atoms with Crippen molar-refractivity contribution in [1.82, 2.24) is 4.90 Å². The minimum Gasteiger partial charge on any atom is -0.393 e. The standard InChI is InChI=1S/C10H20N2OS/c1-8(13)9-4-6-12(7-9)5-2-3-10(11)14/h8-9,13H,2-7H2,1H3,(H2,11,14). The summed E-state index contributed by atoms with van der Waals surface area (Å²) in [4.78, 5) is 2.99. The predicted molar refractivity (Wildman–Crippen MR) is 62.2 cm³/mol. The highest BCUT2D eigenvalue weighted by molar-refractivity contribution is 7.80. The molecule has 1 heterocycles. The zero-order chi connectivity index (χ0) is 10.6. The van der Waals surface area contributed by atoms with Crippen LogP contribution in [-0.2, 0) is 0 Å². The van der Waals surface area contributed by atoms with E-state index in [1.807, 2.05) is 6.92 Å². The third kappa shape index (κ3) is 3.90. The maximum absolute atomic E-state index is 9.42. The van der Waals surface area contributed by atoms with Crippen molar-refractivity contribution in [1.29, 1.82) is 0 Å². The summed E-state index contributed by atoms with van der Waals surface area (Å²) in [5.41, 5.74) is 5.43. The fourth-order valence-electron chi connectivity index (χ4n) is 1.94. The second kappa shape index (κ2) is 5.63. The SMILES string of the molecule is CC(O)C1CCN(CCCC(N)=S)C1. The molecule has 1 aliphatic heterocycles. The lowest BCUT2D eigenvalue weighted by Gasteiger charge is -2.16. The van der Waals surface area contributed by atoms with Crippen LogP contribution in [0.25, 0.3) is 0 Å². The van der Waals surface area contributed by atoms with Gasteiger partial charge in [-0.15, -0.1) is 0 Å². The van der Waals surface area contributed by atoms with Gasteiger partial charge in [0.2, 0.25) is 0 Å². The molecule has 2 unspecified atom stereocenters. The molecule has 2 atom stereocenters. The summed E-state index contributed by atoms with van der Waals surface area (Å²) in [5.74, 6) is 0.458. The first-order valence-corrected chi connectivity index (χ1v) is 5.69.